The molecule has 0 saturated heterocycles. The van der Waals surface area contributed by atoms with E-state index in [1.54, 1.807) is 0 Å². The summed E-state index contributed by atoms with van der Waals surface area (Å²) in [5.41, 5.74) is 4.48. The van der Waals surface area contributed by atoms with Gasteiger partial charge in [-0.15, -0.1) is 6.58 Å². The zero-order valence-corrected chi connectivity index (χ0v) is 14.2. The number of hydrogen-bond donors (Lipinski definition) is 0. The highest BCUT2D eigenvalue weighted by molar-refractivity contribution is 6.30. The number of allylic oxidation sites excluding steroid dienone is 1. The molecule has 1 heterocycles. The molecule has 0 spiro atoms. The van der Waals surface area contributed by atoms with Gasteiger partial charge in [-0.1, -0.05) is 54.1 Å². The minimum absolute atomic E-state index is 0.747. The largest absolute Gasteiger partial charge is 0.236 e. The van der Waals surface area contributed by atoms with Crippen LogP contribution in [0.1, 0.15) is 18.4 Å². The fraction of sp³-hybridized carbons (Fsp3) is 0.143. The summed E-state index contributed by atoms with van der Waals surface area (Å²) >= 11 is 5.94. The molecule has 2 aromatic carbocycles. The number of aryl methyl sites for hydroxylation is 1. The van der Waals surface area contributed by atoms with Crippen LogP contribution in [-0.2, 0) is 6.42 Å². The smallest absolute Gasteiger partial charge is 0.159 e. The standard InChI is InChI=1S/C21H19ClN2/c1-2-3-4-5-16-14-23-21(24-15-16)19-8-6-17(7-9-19)18-10-12-20(22)13-11-18/h2,6-15H,1,3-5H2. The summed E-state index contributed by atoms with van der Waals surface area (Å²) in [5, 5.41) is 0.747. The number of nitrogens with zero attached hydrogens (tertiary/aromatic N) is 2. The third-order valence-corrected chi connectivity index (χ3v) is 4.15. The van der Waals surface area contributed by atoms with E-state index in [9.17, 15) is 0 Å². The van der Waals surface area contributed by atoms with Gasteiger partial charge in [0.15, 0.2) is 5.82 Å². The third-order valence-electron chi connectivity index (χ3n) is 3.90. The second-order valence-electron chi connectivity index (χ2n) is 5.68. The molecule has 0 N–H and O–H groups in total. The molecule has 120 valence electrons. The minimum atomic E-state index is 0.747. The molecule has 0 unspecified atom stereocenters. The highest BCUT2D eigenvalue weighted by atomic mass is 35.5. The Bertz CT molecular complexity index is 791. The first-order valence-electron chi connectivity index (χ1n) is 8.04. The Morgan fingerprint density at radius 1 is 0.833 bits per heavy atom. The van der Waals surface area contributed by atoms with Crippen LogP contribution in [0.2, 0.25) is 5.02 Å². The Morgan fingerprint density at radius 2 is 1.38 bits per heavy atom. The number of aromatic nitrogens is 2. The van der Waals surface area contributed by atoms with E-state index in [-0.39, 0.29) is 0 Å². The topological polar surface area (TPSA) is 25.8 Å². The molecule has 3 aromatic rings. The van der Waals surface area contributed by atoms with E-state index in [1.165, 1.54) is 5.56 Å². The Balaban J connectivity index is 1.73. The lowest BCUT2D eigenvalue weighted by Crippen LogP contribution is -1.93. The summed E-state index contributed by atoms with van der Waals surface area (Å²) in [5.74, 6) is 0.755. The van der Waals surface area contributed by atoms with Gasteiger partial charge in [-0.3, -0.25) is 0 Å². The molecule has 24 heavy (non-hydrogen) atoms. The highest BCUT2D eigenvalue weighted by Gasteiger charge is 2.03. The lowest BCUT2D eigenvalue weighted by molar-refractivity contribution is 0.833. The first-order chi connectivity index (χ1) is 11.8. The molecule has 0 saturated carbocycles. The van der Waals surface area contributed by atoms with Gasteiger partial charge in [0, 0.05) is 23.0 Å². The van der Waals surface area contributed by atoms with Gasteiger partial charge in [-0.25, -0.2) is 9.97 Å². The molecule has 0 aliphatic heterocycles. The molecule has 0 atom stereocenters. The van der Waals surface area contributed by atoms with Crippen molar-refractivity contribution in [3.8, 4) is 22.5 Å². The quantitative estimate of drug-likeness (QED) is 0.410. The van der Waals surface area contributed by atoms with Crippen LogP contribution in [0.15, 0.2) is 73.6 Å². The Hall–Kier alpha value is -2.45. The van der Waals surface area contributed by atoms with Crippen molar-refractivity contribution >= 4 is 11.6 Å². The average molecular weight is 335 g/mol. The molecule has 0 amide bonds. The number of benzene rings is 2. The van der Waals surface area contributed by atoms with E-state index in [0.717, 1.165) is 46.8 Å². The van der Waals surface area contributed by atoms with E-state index >= 15 is 0 Å². The second kappa shape index (κ2) is 7.89. The van der Waals surface area contributed by atoms with E-state index in [4.69, 9.17) is 11.6 Å². The molecular formula is C21H19ClN2. The van der Waals surface area contributed by atoms with Gasteiger partial charge in [-0.2, -0.15) is 0 Å². The van der Waals surface area contributed by atoms with Crippen molar-refractivity contribution in [2.45, 2.75) is 19.3 Å². The highest BCUT2D eigenvalue weighted by Crippen LogP contribution is 2.24. The molecule has 1 aromatic heterocycles. The first kappa shape index (κ1) is 16.4. The summed E-state index contributed by atoms with van der Waals surface area (Å²) in [6.45, 7) is 3.74. The first-order valence-corrected chi connectivity index (χ1v) is 8.42. The van der Waals surface area contributed by atoms with Crippen LogP contribution in [-0.4, -0.2) is 9.97 Å². The van der Waals surface area contributed by atoms with Crippen LogP contribution in [0.25, 0.3) is 22.5 Å². The Kier molecular flexibility index (Phi) is 5.39. The van der Waals surface area contributed by atoms with Gasteiger partial charge in [0.2, 0.25) is 0 Å². The SMILES string of the molecule is C=CCCCc1cnc(-c2ccc(-c3ccc(Cl)cc3)cc2)nc1. The molecule has 3 heteroatoms. The number of halogens is 1. The van der Waals surface area contributed by atoms with Crippen molar-refractivity contribution in [2.75, 3.05) is 0 Å². The van der Waals surface area contributed by atoms with Gasteiger partial charge >= 0.3 is 0 Å². The Morgan fingerprint density at radius 3 is 1.96 bits per heavy atom. The van der Waals surface area contributed by atoms with Crippen molar-refractivity contribution in [1.82, 2.24) is 9.97 Å². The maximum absolute atomic E-state index is 5.94. The monoisotopic (exact) mass is 334 g/mol. The van der Waals surface area contributed by atoms with E-state index in [0.29, 0.717) is 0 Å². The van der Waals surface area contributed by atoms with Crippen LogP contribution in [0, 0.1) is 0 Å². The zero-order valence-electron chi connectivity index (χ0n) is 13.5. The van der Waals surface area contributed by atoms with Crippen molar-refractivity contribution in [1.29, 1.82) is 0 Å². The number of rotatable bonds is 6. The maximum Gasteiger partial charge on any atom is 0.159 e. The maximum atomic E-state index is 5.94. The fourth-order valence-electron chi connectivity index (χ4n) is 2.54. The Labute approximate surface area is 147 Å². The molecular weight excluding hydrogens is 316 g/mol. The summed E-state index contributed by atoms with van der Waals surface area (Å²) in [6.07, 6.45) is 8.87. The molecule has 0 radical (unpaired) electrons. The second-order valence-corrected chi connectivity index (χ2v) is 6.12. The average Bonchev–Trinajstić information content (AvgIpc) is 2.63. The number of hydrogen-bond acceptors (Lipinski definition) is 2. The molecule has 0 bridgehead atoms. The van der Waals surface area contributed by atoms with Gasteiger partial charge in [0.25, 0.3) is 0 Å². The molecule has 0 aliphatic rings. The van der Waals surface area contributed by atoms with E-state index < -0.39 is 0 Å². The zero-order chi connectivity index (χ0) is 16.8. The van der Waals surface area contributed by atoms with E-state index in [2.05, 4.69) is 40.8 Å². The lowest BCUT2D eigenvalue weighted by Gasteiger charge is -2.05. The van der Waals surface area contributed by atoms with Crippen LogP contribution in [0.5, 0.6) is 0 Å². The van der Waals surface area contributed by atoms with Crippen molar-refractivity contribution < 1.29 is 0 Å². The van der Waals surface area contributed by atoms with Gasteiger partial charge in [-0.05, 0) is 48.1 Å². The minimum Gasteiger partial charge on any atom is -0.236 e. The van der Waals surface area contributed by atoms with Gasteiger partial charge < -0.3 is 0 Å². The summed E-state index contributed by atoms with van der Waals surface area (Å²) in [4.78, 5) is 8.97. The normalized spacial score (nSPS) is 10.5. The molecule has 3 rings (SSSR count). The van der Waals surface area contributed by atoms with Crippen LogP contribution >= 0.6 is 11.6 Å². The molecule has 0 fully saturated rings. The molecule has 0 aliphatic carbocycles. The van der Waals surface area contributed by atoms with Gasteiger partial charge in [0.1, 0.15) is 0 Å². The summed E-state index contributed by atoms with van der Waals surface area (Å²) in [6, 6.07) is 16.1. The number of unbranched alkanes of at least 4 members (excludes halogenated alkanes) is 1. The van der Waals surface area contributed by atoms with Crippen LogP contribution in [0.3, 0.4) is 0 Å². The van der Waals surface area contributed by atoms with Crippen LogP contribution in [0.4, 0.5) is 0 Å². The van der Waals surface area contributed by atoms with E-state index in [1.807, 2.05) is 42.7 Å². The van der Waals surface area contributed by atoms with Gasteiger partial charge in [0.05, 0.1) is 0 Å². The fourth-order valence-corrected chi connectivity index (χ4v) is 2.66. The van der Waals surface area contributed by atoms with Crippen molar-refractivity contribution in [3.63, 3.8) is 0 Å². The lowest BCUT2D eigenvalue weighted by atomic mass is 10.0. The summed E-state index contributed by atoms with van der Waals surface area (Å²) in [7, 11) is 0. The van der Waals surface area contributed by atoms with Crippen molar-refractivity contribution in [2.24, 2.45) is 0 Å². The summed E-state index contributed by atoms with van der Waals surface area (Å²) < 4.78 is 0. The predicted octanol–water partition coefficient (Wildman–Crippen LogP) is 5.97. The van der Waals surface area contributed by atoms with Crippen molar-refractivity contribution in [3.05, 3.63) is 84.2 Å². The molecule has 2 nitrogen and oxygen atoms in total. The predicted molar refractivity (Wildman–Crippen MR) is 101 cm³/mol. The van der Waals surface area contributed by atoms with Crippen LogP contribution < -0.4 is 0 Å². The third kappa shape index (κ3) is 4.09.